The molecule has 3 heteroatoms. The maximum absolute atomic E-state index is 5.44. The Morgan fingerprint density at radius 3 is 2.00 bits per heavy atom. The van der Waals surface area contributed by atoms with E-state index in [9.17, 15) is 0 Å². The van der Waals surface area contributed by atoms with Gasteiger partial charge in [0.25, 0.3) is 0 Å². The molecule has 0 saturated carbocycles. The van der Waals surface area contributed by atoms with Crippen LogP contribution in [0.3, 0.4) is 0 Å². The van der Waals surface area contributed by atoms with Crippen LogP contribution in [0.4, 0.5) is 0 Å². The van der Waals surface area contributed by atoms with Crippen LogP contribution >= 0.6 is 22.7 Å². The number of rotatable bonds is 10. The Morgan fingerprint density at radius 2 is 1.32 bits per heavy atom. The lowest BCUT2D eigenvalue weighted by Gasteiger charge is -2.05. The van der Waals surface area contributed by atoms with Crippen molar-refractivity contribution in [2.45, 2.75) is 46.0 Å². The van der Waals surface area contributed by atoms with Crippen molar-refractivity contribution in [3.8, 4) is 20.9 Å². The van der Waals surface area contributed by atoms with E-state index in [1.807, 2.05) is 22.7 Å². The summed E-state index contributed by atoms with van der Waals surface area (Å²) in [5, 5.41) is 2.70. The van der Waals surface area contributed by atoms with E-state index in [1.54, 1.807) is 0 Å². The predicted molar refractivity (Wildman–Crippen MR) is 151 cm³/mol. The molecule has 3 aromatic carbocycles. The molecule has 0 atom stereocenters. The van der Waals surface area contributed by atoms with Crippen LogP contribution in [0, 0.1) is 6.92 Å². The minimum Gasteiger partial charge on any atom is -0.382 e. The first-order valence-corrected chi connectivity index (χ1v) is 14.0. The van der Waals surface area contributed by atoms with E-state index in [1.165, 1.54) is 77.9 Å². The van der Waals surface area contributed by atoms with E-state index in [4.69, 9.17) is 4.74 Å². The highest BCUT2D eigenvalue weighted by molar-refractivity contribution is 7.23. The Bertz CT molecular complexity index is 1340. The fraction of sp³-hybridized carbons (Fsp3) is 0.290. The second-order valence-electron chi connectivity index (χ2n) is 9.08. The number of aryl methyl sites for hydroxylation is 2. The Hall–Kier alpha value is -2.46. The molecular weight excluding hydrogens is 452 g/mol. The zero-order valence-electron chi connectivity index (χ0n) is 20.1. The smallest absolute Gasteiger partial charge is 0.0465 e. The van der Waals surface area contributed by atoms with Gasteiger partial charge in [-0.3, -0.25) is 0 Å². The molecule has 5 rings (SSSR count). The van der Waals surface area contributed by atoms with Crippen molar-refractivity contribution in [1.82, 2.24) is 0 Å². The zero-order chi connectivity index (χ0) is 23.3. The Kier molecular flexibility index (Phi) is 7.44. The van der Waals surface area contributed by atoms with Gasteiger partial charge in [0, 0.05) is 32.4 Å². The molecule has 0 saturated heterocycles. The molecule has 0 amide bonds. The lowest BCUT2D eigenvalue weighted by molar-refractivity contribution is 0.143. The molecule has 0 unspecified atom stereocenters. The predicted octanol–water partition coefficient (Wildman–Crippen LogP) is 9.90. The number of fused-ring (bicyclic) bond motifs is 2. The highest BCUT2D eigenvalue weighted by Gasteiger charge is 2.10. The summed E-state index contributed by atoms with van der Waals surface area (Å²) in [5.74, 6) is 0. The fourth-order valence-corrected chi connectivity index (χ4v) is 6.74. The van der Waals surface area contributed by atoms with Gasteiger partial charge < -0.3 is 4.74 Å². The van der Waals surface area contributed by atoms with Gasteiger partial charge in [0.1, 0.15) is 0 Å². The van der Waals surface area contributed by atoms with Gasteiger partial charge in [0.2, 0.25) is 0 Å². The van der Waals surface area contributed by atoms with Crippen LogP contribution < -0.4 is 0 Å². The van der Waals surface area contributed by atoms with Gasteiger partial charge in [0.15, 0.2) is 0 Å². The first-order chi connectivity index (χ1) is 16.7. The number of hydrogen-bond donors (Lipinski definition) is 0. The molecule has 1 nitrogen and oxygen atoms in total. The number of unbranched alkanes of at least 4 members (excludes halogenated alkanes) is 3. The van der Waals surface area contributed by atoms with Crippen molar-refractivity contribution in [3.63, 3.8) is 0 Å². The molecule has 34 heavy (non-hydrogen) atoms. The zero-order valence-corrected chi connectivity index (χ0v) is 21.7. The second kappa shape index (κ2) is 10.9. The van der Waals surface area contributed by atoms with Crippen LogP contribution in [0.25, 0.3) is 41.1 Å². The fourth-order valence-electron chi connectivity index (χ4n) is 4.57. The highest BCUT2D eigenvalue weighted by Crippen LogP contribution is 2.40. The average molecular weight is 485 g/mol. The van der Waals surface area contributed by atoms with Gasteiger partial charge in [-0.05, 0) is 84.8 Å². The first-order valence-electron chi connectivity index (χ1n) is 12.4. The molecule has 0 bridgehead atoms. The van der Waals surface area contributed by atoms with E-state index in [0.717, 1.165) is 19.6 Å². The van der Waals surface area contributed by atoms with Gasteiger partial charge in [-0.25, -0.2) is 0 Å². The standard InChI is InChI=1S/C31H32OS2/c1-3-32-15-7-5-4-6-11-23-12-9-14-25(17-23)29-19-27-21-30-26(20-31(27)34-29)18-28(33-30)24-13-8-10-22(2)16-24/h8-10,12-14,16-21H,3-7,11,15H2,1-2H3. The van der Waals surface area contributed by atoms with Crippen molar-refractivity contribution < 1.29 is 4.74 Å². The quantitative estimate of drug-likeness (QED) is 0.179. The lowest BCUT2D eigenvalue weighted by atomic mass is 10.0. The summed E-state index contributed by atoms with van der Waals surface area (Å²) in [6, 6.07) is 27.4. The van der Waals surface area contributed by atoms with Crippen LogP contribution in [-0.4, -0.2) is 13.2 Å². The van der Waals surface area contributed by atoms with Gasteiger partial charge in [-0.2, -0.15) is 0 Å². The van der Waals surface area contributed by atoms with Crippen LogP contribution in [0.1, 0.15) is 43.7 Å². The van der Waals surface area contributed by atoms with Crippen molar-refractivity contribution in [2.24, 2.45) is 0 Å². The van der Waals surface area contributed by atoms with Gasteiger partial charge in [-0.15, -0.1) is 22.7 Å². The molecule has 0 aliphatic rings. The Balaban J connectivity index is 1.31. The second-order valence-corrected chi connectivity index (χ2v) is 11.2. The van der Waals surface area contributed by atoms with E-state index < -0.39 is 0 Å². The normalized spacial score (nSPS) is 11.6. The summed E-state index contributed by atoms with van der Waals surface area (Å²) < 4.78 is 8.18. The van der Waals surface area contributed by atoms with Gasteiger partial charge in [-0.1, -0.05) is 66.9 Å². The number of ether oxygens (including phenoxy) is 1. The monoisotopic (exact) mass is 484 g/mol. The van der Waals surface area contributed by atoms with E-state index in [0.29, 0.717) is 0 Å². The number of benzene rings is 3. The SMILES string of the molecule is CCOCCCCCCc1cccc(-c2cc3cc4sc(-c5cccc(C)c5)cc4cc3s2)c1. The maximum Gasteiger partial charge on any atom is 0.0465 e. The summed E-state index contributed by atoms with van der Waals surface area (Å²) in [6.07, 6.45) is 6.13. The molecule has 0 N–H and O–H groups in total. The molecule has 174 valence electrons. The molecule has 0 aliphatic heterocycles. The van der Waals surface area contributed by atoms with Crippen LogP contribution in [0.15, 0.2) is 72.8 Å². The third-order valence-corrected chi connectivity index (χ3v) is 8.67. The summed E-state index contributed by atoms with van der Waals surface area (Å²) >= 11 is 3.81. The molecule has 0 radical (unpaired) electrons. The third-order valence-electron chi connectivity index (χ3n) is 6.38. The minimum absolute atomic E-state index is 0.830. The van der Waals surface area contributed by atoms with Crippen molar-refractivity contribution in [2.75, 3.05) is 13.2 Å². The first kappa shape index (κ1) is 23.3. The third kappa shape index (κ3) is 5.43. The summed E-state index contributed by atoms with van der Waals surface area (Å²) in [6.45, 7) is 5.96. The molecular formula is C31H32OS2. The molecule has 2 heterocycles. The molecule has 2 aromatic heterocycles. The number of hydrogen-bond acceptors (Lipinski definition) is 3. The Labute approximate surface area is 211 Å². The lowest BCUT2D eigenvalue weighted by Crippen LogP contribution is -1.93. The van der Waals surface area contributed by atoms with Gasteiger partial charge in [0.05, 0.1) is 0 Å². The molecule has 0 fully saturated rings. The summed E-state index contributed by atoms with van der Waals surface area (Å²) in [5.41, 5.74) is 5.42. The maximum atomic E-state index is 5.44. The molecule has 0 spiro atoms. The van der Waals surface area contributed by atoms with Crippen molar-refractivity contribution in [3.05, 3.63) is 83.9 Å². The summed E-state index contributed by atoms with van der Waals surface area (Å²) in [7, 11) is 0. The largest absolute Gasteiger partial charge is 0.382 e. The molecule has 0 aliphatic carbocycles. The van der Waals surface area contributed by atoms with E-state index in [2.05, 4.69) is 86.6 Å². The summed E-state index contributed by atoms with van der Waals surface area (Å²) in [4.78, 5) is 2.72. The highest BCUT2D eigenvalue weighted by atomic mass is 32.1. The topological polar surface area (TPSA) is 9.23 Å². The van der Waals surface area contributed by atoms with Crippen LogP contribution in [-0.2, 0) is 11.2 Å². The van der Waals surface area contributed by atoms with E-state index in [-0.39, 0.29) is 0 Å². The molecule has 5 aromatic rings. The van der Waals surface area contributed by atoms with Crippen molar-refractivity contribution >= 4 is 42.8 Å². The average Bonchev–Trinajstić information content (AvgIpc) is 3.45. The minimum atomic E-state index is 0.830. The number of thiophene rings is 2. The van der Waals surface area contributed by atoms with E-state index >= 15 is 0 Å². The van der Waals surface area contributed by atoms with Crippen LogP contribution in [0.2, 0.25) is 0 Å². The van der Waals surface area contributed by atoms with Crippen LogP contribution in [0.5, 0.6) is 0 Å². The van der Waals surface area contributed by atoms with Gasteiger partial charge >= 0.3 is 0 Å². The van der Waals surface area contributed by atoms with Crippen molar-refractivity contribution in [1.29, 1.82) is 0 Å². The Morgan fingerprint density at radius 1 is 0.676 bits per heavy atom.